The van der Waals surface area contributed by atoms with E-state index in [9.17, 15) is 51.1 Å². The molecule has 194 valence electrons. The van der Waals surface area contributed by atoms with Gasteiger partial charge in [-0.25, -0.2) is 0 Å². The summed E-state index contributed by atoms with van der Waals surface area (Å²) in [7, 11) is 0. The van der Waals surface area contributed by atoms with Gasteiger partial charge in [0, 0.05) is 0 Å². The zero-order valence-electron chi connectivity index (χ0n) is 17.6. The van der Waals surface area contributed by atoms with E-state index >= 15 is 0 Å². The van der Waals surface area contributed by atoms with Crippen LogP contribution in [-0.4, -0.2) is 156 Å². The van der Waals surface area contributed by atoms with Crippen LogP contribution in [0.25, 0.3) is 0 Å². The summed E-state index contributed by atoms with van der Waals surface area (Å²) >= 11 is 0. The summed E-state index contributed by atoms with van der Waals surface area (Å²) in [4.78, 5) is 0. The van der Waals surface area contributed by atoms with Crippen LogP contribution in [0.1, 0.15) is 6.92 Å². The number of aliphatic hydroxyl groups is 10. The molecular formula is C18H32O15. The monoisotopic (exact) mass is 488 g/mol. The molecular weight excluding hydrogens is 456 g/mol. The molecule has 3 saturated heterocycles. The number of hydrogen-bond acceptors (Lipinski definition) is 15. The third kappa shape index (κ3) is 5.32. The van der Waals surface area contributed by atoms with Crippen LogP contribution in [-0.2, 0) is 23.7 Å². The minimum Gasteiger partial charge on any atom is -0.394 e. The zero-order valence-corrected chi connectivity index (χ0v) is 17.6. The zero-order chi connectivity index (χ0) is 24.6. The van der Waals surface area contributed by atoms with E-state index in [1.807, 2.05) is 0 Å². The number of aliphatic hydroxyl groups excluding tert-OH is 10. The topological polar surface area (TPSA) is 248 Å². The van der Waals surface area contributed by atoms with Gasteiger partial charge >= 0.3 is 0 Å². The van der Waals surface area contributed by atoms with E-state index in [0.29, 0.717) is 0 Å². The van der Waals surface area contributed by atoms with Gasteiger partial charge in [-0.15, -0.1) is 0 Å². The van der Waals surface area contributed by atoms with Crippen LogP contribution in [0, 0.1) is 0 Å². The molecule has 15 nitrogen and oxygen atoms in total. The van der Waals surface area contributed by atoms with Crippen LogP contribution in [0.5, 0.6) is 0 Å². The van der Waals surface area contributed by atoms with E-state index in [1.54, 1.807) is 0 Å². The van der Waals surface area contributed by atoms with Gasteiger partial charge in [-0.1, -0.05) is 0 Å². The summed E-state index contributed by atoms with van der Waals surface area (Å²) in [5, 5.41) is 99.8. The first-order chi connectivity index (χ1) is 15.5. The Kier molecular flexibility index (Phi) is 8.99. The van der Waals surface area contributed by atoms with Crippen molar-refractivity contribution in [3.8, 4) is 0 Å². The number of ether oxygens (including phenoxy) is 5. The maximum Gasteiger partial charge on any atom is 0.187 e. The van der Waals surface area contributed by atoms with E-state index in [2.05, 4.69) is 0 Å². The molecule has 0 aromatic rings. The van der Waals surface area contributed by atoms with Crippen LogP contribution in [0.4, 0.5) is 0 Å². The minimum absolute atomic E-state index is 0.739. The summed E-state index contributed by atoms with van der Waals surface area (Å²) in [5.74, 6) is 0. The van der Waals surface area contributed by atoms with E-state index in [4.69, 9.17) is 23.7 Å². The maximum atomic E-state index is 10.5. The van der Waals surface area contributed by atoms with Gasteiger partial charge in [0.1, 0.15) is 67.1 Å². The van der Waals surface area contributed by atoms with Crippen molar-refractivity contribution in [2.24, 2.45) is 0 Å². The Bertz CT molecular complexity index is 624. The van der Waals surface area contributed by atoms with Gasteiger partial charge in [0.2, 0.25) is 0 Å². The summed E-state index contributed by atoms with van der Waals surface area (Å²) in [6, 6.07) is 0. The van der Waals surface area contributed by atoms with Gasteiger partial charge in [0.05, 0.1) is 19.3 Å². The Morgan fingerprint density at radius 3 is 1.64 bits per heavy atom. The molecule has 0 spiro atoms. The third-order valence-electron chi connectivity index (χ3n) is 6.05. The Labute approximate surface area is 187 Å². The van der Waals surface area contributed by atoms with E-state index < -0.39 is 105 Å². The van der Waals surface area contributed by atoms with Gasteiger partial charge in [-0.3, -0.25) is 0 Å². The highest BCUT2D eigenvalue weighted by Gasteiger charge is 2.53. The van der Waals surface area contributed by atoms with Gasteiger partial charge < -0.3 is 74.7 Å². The molecule has 3 heterocycles. The van der Waals surface area contributed by atoms with Crippen molar-refractivity contribution >= 4 is 0 Å². The van der Waals surface area contributed by atoms with Crippen molar-refractivity contribution in [1.82, 2.24) is 0 Å². The van der Waals surface area contributed by atoms with Gasteiger partial charge in [-0.2, -0.15) is 0 Å². The summed E-state index contributed by atoms with van der Waals surface area (Å²) < 4.78 is 26.9. The largest absolute Gasteiger partial charge is 0.394 e. The number of rotatable bonds is 6. The second-order valence-corrected chi connectivity index (χ2v) is 8.32. The Hall–Kier alpha value is -0.600. The molecule has 15 heteroatoms. The first-order valence-electron chi connectivity index (χ1n) is 10.4. The lowest BCUT2D eigenvalue weighted by atomic mass is 9.96. The molecule has 0 radical (unpaired) electrons. The molecule has 0 aliphatic carbocycles. The Morgan fingerprint density at radius 2 is 1.06 bits per heavy atom. The number of hydrogen-bond donors (Lipinski definition) is 10. The highest BCUT2D eigenvalue weighted by molar-refractivity contribution is 4.96. The SMILES string of the molecule is C[C@@H]1O[C@H](O[C@H]2[C@@H](O[C@H]3O[C@H](CO)[C@@H](O)[C@H](O)[C@H]3O)[C@@H](CO)OC(O)[C@@H]2O)[C@@H](O)[C@H](O)[C@@H]1O. The molecule has 3 aliphatic heterocycles. The van der Waals surface area contributed by atoms with Gasteiger partial charge in [0.25, 0.3) is 0 Å². The third-order valence-corrected chi connectivity index (χ3v) is 6.05. The quantitative estimate of drug-likeness (QED) is 0.167. The summed E-state index contributed by atoms with van der Waals surface area (Å²) in [6.07, 6.45) is -24.0. The molecule has 0 aromatic heterocycles. The lowest BCUT2D eigenvalue weighted by Crippen LogP contribution is -2.66. The van der Waals surface area contributed by atoms with Crippen molar-refractivity contribution in [2.75, 3.05) is 13.2 Å². The highest BCUT2D eigenvalue weighted by Crippen LogP contribution is 2.32. The van der Waals surface area contributed by atoms with E-state index in [-0.39, 0.29) is 0 Å². The molecule has 0 aromatic carbocycles. The average molecular weight is 488 g/mol. The minimum atomic E-state index is -1.88. The summed E-state index contributed by atoms with van der Waals surface area (Å²) in [5.41, 5.74) is 0. The highest BCUT2D eigenvalue weighted by atomic mass is 16.8. The lowest BCUT2D eigenvalue weighted by Gasteiger charge is -2.48. The van der Waals surface area contributed by atoms with Crippen LogP contribution in [0.3, 0.4) is 0 Å². The fourth-order valence-electron chi connectivity index (χ4n) is 3.99. The van der Waals surface area contributed by atoms with Gasteiger partial charge in [-0.05, 0) is 6.92 Å². The maximum absolute atomic E-state index is 10.5. The van der Waals surface area contributed by atoms with Crippen LogP contribution in [0.2, 0.25) is 0 Å². The van der Waals surface area contributed by atoms with Crippen molar-refractivity contribution in [1.29, 1.82) is 0 Å². The molecule has 10 N–H and O–H groups in total. The second-order valence-electron chi connectivity index (χ2n) is 8.32. The first-order valence-corrected chi connectivity index (χ1v) is 10.4. The molecule has 3 aliphatic rings. The van der Waals surface area contributed by atoms with Crippen LogP contribution < -0.4 is 0 Å². The van der Waals surface area contributed by atoms with Crippen LogP contribution >= 0.6 is 0 Å². The normalized spacial score (nSPS) is 53.7. The van der Waals surface area contributed by atoms with E-state index in [1.165, 1.54) is 6.92 Å². The van der Waals surface area contributed by atoms with Crippen molar-refractivity contribution in [3.05, 3.63) is 0 Å². The average Bonchev–Trinajstić information content (AvgIpc) is 2.80. The van der Waals surface area contributed by atoms with Gasteiger partial charge in [0.15, 0.2) is 18.9 Å². The predicted octanol–water partition coefficient (Wildman–Crippen LogP) is -6.55. The fourth-order valence-corrected chi connectivity index (χ4v) is 3.99. The van der Waals surface area contributed by atoms with E-state index in [0.717, 1.165) is 0 Å². The molecule has 33 heavy (non-hydrogen) atoms. The molecule has 0 bridgehead atoms. The molecule has 3 fully saturated rings. The Morgan fingerprint density at radius 1 is 0.545 bits per heavy atom. The lowest BCUT2D eigenvalue weighted by molar-refractivity contribution is -0.382. The molecule has 15 atom stereocenters. The van der Waals surface area contributed by atoms with Crippen molar-refractivity contribution in [3.63, 3.8) is 0 Å². The molecule has 3 rings (SSSR count). The first kappa shape index (κ1) is 27.0. The molecule has 0 saturated carbocycles. The standard InChI is InChI=1S/C18H32O15/c1-4-7(21)9(23)11(25)17(29-4)33-15-13(27)16(28)30-6(3-20)14(15)32-18-12(26)10(24)8(22)5(2-19)31-18/h4-28H,2-3H2,1H3/t4-,5+,6+,7+,8+,9+,10-,11-,12+,13+,14-,15+,16?,17+,18+/m0/s1. The Balaban J connectivity index is 1.83. The molecule has 0 amide bonds. The van der Waals surface area contributed by atoms with Crippen molar-refractivity contribution in [2.45, 2.75) is 99.0 Å². The van der Waals surface area contributed by atoms with Crippen LogP contribution in [0.15, 0.2) is 0 Å². The smallest absolute Gasteiger partial charge is 0.187 e. The predicted molar refractivity (Wildman–Crippen MR) is 99.8 cm³/mol. The summed E-state index contributed by atoms with van der Waals surface area (Å²) in [6.45, 7) is -0.127. The molecule has 1 unspecified atom stereocenters. The fraction of sp³-hybridized carbons (Fsp3) is 1.00. The van der Waals surface area contributed by atoms with Crippen molar-refractivity contribution < 1.29 is 74.7 Å². The second kappa shape index (κ2) is 11.0.